The summed E-state index contributed by atoms with van der Waals surface area (Å²) in [6.07, 6.45) is 9.05. The summed E-state index contributed by atoms with van der Waals surface area (Å²) in [6.45, 7) is 2.99. The van der Waals surface area contributed by atoms with Crippen LogP contribution in [0.15, 0.2) is 49.1 Å². The minimum absolute atomic E-state index is 0.145. The third kappa shape index (κ3) is 10.4. The first-order chi connectivity index (χ1) is 24.3. The van der Waals surface area contributed by atoms with Gasteiger partial charge in [0.1, 0.15) is 29.4 Å². The molecular formula is C33H33F3N10O5. The number of carboxylic acids is 2. The van der Waals surface area contributed by atoms with Crippen molar-refractivity contribution >= 4 is 29.1 Å². The lowest BCUT2D eigenvalue weighted by molar-refractivity contribution is -0.192. The minimum Gasteiger partial charge on any atom is -0.475 e. The van der Waals surface area contributed by atoms with E-state index < -0.39 is 18.1 Å². The van der Waals surface area contributed by atoms with Gasteiger partial charge in [-0.1, -0.05) is 12.1 Å². The van der Waals surface area contributed by atoms with Gasteiger partial charge in [-0.15, -0.1) is 0 Å². The molecule has 1 amide bonds. The third-order valence-electron chi connectivity index (χ3n) is 8.08. The number of aromatic amines is 2. The topological polar surface area (TPSA) is 230 Å². The Morgan fingerprint density at radius 1 is 1.02 bits per heavy atom. The zero-order valence-corrected chi connectivity index (χ0v) is 27.2. The predicted octanol–water partition coefficient (Wildman–Crippen LogP) is 4.83. The molecule has 0 saturated carbocycles. The molecule has 1 aromatic carbocycles. The largest absolute Gasteiger partial charge is 0.490 e. The second kappa shape index (κ2) is 16.9. The third-order valence-corrected chi connectivity index (χ3v) is 8.08. The average molecular weight is 707 g/mol. The fourth-order valence-electron chi connectivity index (χ4n) is 5.44. The van der Waals surface area contributed by atoms with Crippen molar-refractivity contribution in [1.29, 1.82) is 10.5 Å². The molecule has 4 heterocycles. The molecular weight excluding hydrogens is 673 g/mol. The van der Waals surface area contributed by atoms with Gasteiger partial charge >= 0.3 is 18.1 Å². The molecule has 4 aromatic rings. The zero-order valence-electron chi connectivity index (χ0n) is 27.2. The van der Waals surface area contributed by atoms with Gasteiger partial charge < -0.3 is 30.1 Å². The number of hydrogen-bond acceptors (Lipinski definition) is 9. The first-order valence-electron chi connectivity index (χ1n) is 15.6. The summed E-state index contributed by atoms with van der Waals surface area (Å²) in [5.74, 6) is -2.71. The molecule has 0 bridgehead atoms. The molecule has 15 nitrogen and oxygen atoms in total. The molecule has 18 heteroatoms. The molecule has 0 spiro atoms. The quantitative estimate of drug-likeness (QED) is 0.175. The number of benzene rings is 1. The lowest BCUT2D eigenvalue weighted by atomic mass is 9.87. The van der Waals surface area contributed by atoms with Crippen molar-refractivity contribution in [3.8, 4) is 12.1 Å². The smallest absolute Gasteiger partial charge is 0.475 e. The number of rotatable bonds is 7. The van der Waals surface area contributed by atoms with E-state index in [9.17, 15) is 22.8 Å². The Hall–Kier alpha value is -6.27. The number of aromatic nitrogens is 6. The summed E-state index contributed by atoms with van der Waals surface area (Å²) >= 11 is 0. The van der Waals surface area contributed by atoms with Gasteiger partial charge in [0.25, 0.3) is 5.91 Å². The minimum atomic E-state index is -5.08. The molecule has 6 rings (SSSR count). The van der Waals surface area contributed by atoms with E-state index >= 15 is 0 Å². The number of anilines is 1. The second-order valence-electron chi connectivity index (χ2n) is 11.5. The highest BCUT2D eigenvalue weighted by molar-refractivity contribution is 6.03. The van der Waals surface area contributed by atoms with Gasteiger partial charge in [0.2, 0.25) is 5.82 Å². The van der Waals surface area contributed by atoms with E-state index in [-0.39, 0.29) is 28.9 Å². The molecule has 0 unspecified atom stereocenters. The number of hydrogen-bond donors (Lipinski definition) is 5. The molecule has 1 aliphatic heterocycles. The number of aryl methyl sites for hydroxylation is 1. The van der Waals surface area contributed by atoms with E-state index in [0.29, 0.717) is 5.92 Å². The Morgan fingerprint density at radius 3 is 2.14 bits per heavy atom. The summed E-state index contributed by atoms with van der Waals surface area (Å²) < 4.78 is 33.8. The Kier molecular flexibility index (Phi) is 12.4. The molecule has 3 aromatic heterocycles. The molecule has 2 aliphatic rings. The first kappa shape index (κ1) is 37.5. The van der Waals surface area contributed by atoms with E-state index in [2.05, 4.69) is 57.9 Å². The number of aromatic carboxylic acids is 1. The Morgan fingerprint density at radius 2 is 1.65 bits per heavy atom. The molecule has 0 atom stereocenters. The van der Waals surface area contributed by atoms with Gasteiger partial charge in [-0.2, -0.15) is 23.7 Å². The predicted molar refractivity (Wildman–Crippen MR) is 174 cm³/mol. The fourth-order valence-corrected chi connectivity index (χ4v) is 5.44. The van der Waals surface area contributed by atoms with Crippen molar-refractivity contribution in [2.24, 2.45) is 7.05 Å². The van der Waals surface area contributed by atoms with Crippen LogP contribution in [0.1, 0.15) is 87.6 Å². The van der Waals surface area contributed by atoms with Gasteiger partial charge in [0, 0.05) is 30.7 Å². The van der Waals surface area contributed by atoms with Crippen LogP contribution in [-0.4, -0.2) is 81.7 Å². The summed E-state index contributed by atoms with van der Waals surface area (Å²) in [5, 5.41) is 35.6. The standard InChI is InChI=1S/C26H29N7O.C5H3N3O2.C2HF3O2/c1-32-13-10-28-24(32)17-33-11-8-18(9-12-33)20-6-7-23(22(14-20)19-4-2-3-5-19)31-26(34)25-29-16-21(15-27)30-25;6-1-3-2-7-4(8-3)5(9)10;3-2(4,5)1(6)7/h4,6-7,10,13-14,16,18H,2-3,5,8-9,11-12,17H2,1H3,(H,29,30)(H,31,34);2H,(H,7,8)(H,9,10);(H,6,7). The van der Waals surface area contributed by atoms with Gasteiger partial charge in [-0.3, -0.25) is 9.69 Å². The number of amides is 1. The number of allylic oxidation sites excluding steroid dienone is 2. The molecule has 0 radical (unpaired) electrons. The Balaban J connectivity index is 0.000000282. The number of nitriles is 2. The zero-order chi connectivity index (χ0) is 37.1. The highest BCUT2D eigenvalue weighted by atomic mass is 19.4. The number of imidazole rings is 3. The summed E-state index contributed by atoms with van der Waals surface area (Å²) in [5.41, 5.74) is 4.95. The van der Waals surface area contributed by atoms with E-state index in [1.807, 2.05) is 31.6 Å². The summed E-state index contributed by atoms with van der Waals surface area (Å²) in [6, 6.07) is 10.1. The number of nitrogens with zero attached hydrogens (tertiary/aromatic N) is 7. The van der Waals surface area contributed by atoms with Crippen LogP contribution in [0, 0.1) is 22.7 Å². The van der Waals surface area contributed by atoms with Crippen molar-refractivity contribution in [2.45, 2.75) is 50.7 Å². The number of piperidine rings is 1. The van der Waals surface area contributed by atoms with E-state index in [4.69, 9.17) is 25.5 Å². The highest BCUT2D eigenvalue weighted by Gasteiger charge is 2.38. The number of alkyl halides is 3. The van der Waals surface area contributed by atoms with Crippen LogP contribution in [-0.2, 0) is 18.4 Å². The summed E-state index contributed by atoms with van der Waals surface area (Å²) in [4.78, 5) is 51.2. The maximum Gasteiger partial charge on any atom is 0.490 e. The van der Waals surface area contributed by atoms with Crippen LogP contribution in [0.4, 0.5) is 18.9 Å². The van der Waals surface area contributed by atoms with E-state index in [1.165, 1.54) is 23.5 Å². The monoisotopic (exact) mass is 706 g/mol. The van der Waals surface area contributed by atoms with Crippen molar-refractivity contribution < 1.29 is 37.8 Å². The number of likely N-dealkylation sites (tertiary alicyclic amines) is 1. The lowest BCUT2D eigenvalue weighted by Gasteiger charge is -2.32. The Labute approximate surface area is 289 Å². The molecule has 1 fully saturated rings. The van der Waals surface area contributed by atoms with Crippen LogP contribution in [0.5, 0.6) is 0 Å². The summed E-state index contributed by atoms with van der Waals surface area (Å²) in [7, 11) is 2.04. The number of carbonyl (C=O) groups excluding carboxylic acids is 1. The van der Waals surface area contributed by atoms with Gasteiger partial charge in [-0.25, -0.2) is 24.5 Å². The van der Waals surface area contributed by atoms with Crippen LogP contribution in [0.25, 0.3) is 5.57 Å². The fraction of sp³-hybridized carbons (Fsp3) is 0.333. The first-order valence-corrected chi connectivity index (χ1v) is 15.6. The molecule has 1 aliphatic carbocycles. The van der Waals surface area contributed by atoms with Crippen LogP contribution >= 0.6 is 0 Å². The maximum absolute atomic E-state index is 12.7. The van der Waals surface area contributed by atoms with Crippen LogP contribution < -0.4 is 5.32 Å². The van der Waals surface area contributed by atoms with Crippen molar-refractivity contribution in [2.75, 3.05) is 18.4 Å². The van der Waals surface area contributed by atoms with Crippen LogP contribution in [0.2, 0.25) is 0 Å². The number of nitrogens with one attached hydrogen (secondary N) is 3. The second-order valence-corrected chi connectivity index (χ2v) is 11.5. The van der Waals surface area contributed by atoms with Gasteiger partial charge in [-0.05, 0) is 74.4 Å². The van der Waals surface area contributed by atoms with Crippen LogP contribution in [0.3, 0.4) is 0 Å². The van der Waals surface area contributed by atoms with Crippen molar-refractivity contribution in [3.63, 3.8) is 0 Å². The molecule has 5 N–H and O–H groups in total. The number of halogens is 3. The lowest BCUT2D eigenvalue weighted by Crippen LogP contribution is -2.33. The number of aliphatic carboxylic acids is 1. The molecule has 266 valence electrons. The molecule has 51 heavy (non-hydrogen) atoms. The normalized spacial score (nSPS) is 14.5. The SMILES string of the molecule is Cn1ccnc1CN1CCC(c2ccc(NC(=O)c3ncc(C#N)[nH]3)c(C3=CCCC3)c2)CC1.N#Cc1cnc(C(=O)O)[nH]1.O=C(O)C(F)(F)F. The van der Waals surface area contributed by atoms with Gasteiger partial charge in [0.05, 0.1) is 18.9 Å². The Bertz CT molecular complexity index is 1970. The number of carboxylic acid groups (broad SMARTS) is 2. The van der Waals surface area contributed by atoms with E-state index in [0.717, 1.165) is 68.8 Å². The highest BCUT2D eigenvalue weighted by Crippen LogP contribution is 2.37. The number of H-pyrrole nitrogens is 2. The molecule has 1 saturated heterocycles. The van der Waals surface area contributed by atoms with Crippen molar-refractivity contribution in [3.05, 3.63) is 89.1 Å². The van der Waals surface area contributed by atoms with E-state index in [1.54, 1.807) is 6.07 Å². The maximum atomic E-state index is 12.7. The van der Waals surface area contributed by atoms with Gasteiger partial charge in [0.15, 0.2) is 5.82 Å². The average Bonchev–Trinajstić information content (AvgIpc) is 3.94. The van der Waals surface area contributed by atoms with Crippen molar-refractivity contribution in [1.82, 2.24) is 34.4 Å². The number of carbonyl (C=O) groups is 3.